The summed E-state index contributed by atoms with van der Waals surface area (Å²) < 4.78 is 28.7. The summed E-state index contributed by atoms with van der Waals surface area (Å²) in [5.41, 5.74) is 0. The Balaban J connectivity index is 2.06. The van der Waals surface area contributed by atoms with Crippen LogP contribution in [0.1, 0.15) is 32.2 Å². The molecule has 0 saturated carbocycles. The molecule has 1 aromatic rings. The summed E-state index contributed by atoms with van der Waals surface area (Å²) in [6, 6.07) is 0.416. The second kappa shape index (κ2) is 5.87. The molecule has 7 nitrogen and oxygen atoms in total. The van der Waals surface area contributed by atoms with E-state index in [1.165, 1.54) is 0 Å². The van der Waals surface area contributed by atoms with Crippen LogP contribution >= 0.6 is 0 Å². The average molecular weight is 288 g/mol. The Morgan fingerprint density at radius 2 is 2.16 bits per heavy atom. The second-order valence-corrected chi connectivity index (χ2v) is 7.00. The molecule has 1 unspecified atom stereocenters. The van der Waals surface area contributed by atoms with Crippen LogP contribution in [0, 0.1) is 0 Å². The third kappa shape index (κ3) is 3.66. The molecular weight excluding hydrogens is 268 g/mol. The van der Waals surface area contributed by atoms with Gasteiger partial charge >= 0.3 is 6.01 Å². The zero-order valence-electron chi connectivity index (χ0n) is 11.3. The molecule has 8 heteroatoms. The Morgan fingerprint density at radius 3 is 2.89 bits per heavy atom. The highest BCUT2D eigenvalue weighted by molar-refractivity contribution is 7.91. The Labute approximate surface area is 113 Å². The normalized spacial score (nSPS) is 21.1. The first-order valence-electron chi connectivity index (χ1n) is 6.54. The summed E-state index contributed by atoms with van der Waals surface area (Å²) in [6.07, 6.45) is 0.600. The van der Waals surface area contributed by atoms with Crippen LogP contribution < -0.4 is 10.2 Å². The lowest BCUT2D eigenvalue weighted by molar-refractivity contribution is 0.419. The molecule has 2 rings (SSSR count). The summed E-state index contributed by atoms with van der Waals surface area (Å²) in [5.74, 6) is 0.912. The summed E-state index contributed by atoms with van der Waals surface area (Å²) in [7, 11) is -2.92. The molecule has 0 bridgehead atoms. The molecule has 1 N–H and O–H groups in total. The van der Waals surface area contributed by atoms with Gasteiger partial charge in [-0.05, 0) is 19.9 Å². The largest absolute Gasteiger partial charge is 0.406 e. The molecule has 1 fully saturated rings. The number of rotatable bonds is 4. The van der Waals surface area contributed by atoms with E-state index >= 15 is 0 Å². The summed E-state index contributed by atoms with van der Waals surface area (Å²) in [6.45, 7) is 5.83. The molecule has 1 aromatic heterocycles. The summed E-state index contributed by atoms with van der Waals surface area (Å²) >= 11 is 0. The molecule has 0 aliphatic carbocycles. The van der Waals surface area contributed by atoms with E-state index in [9.17, 15) is 8.42 Å². The average Bonchev–Trinajstić information content (AvgIpc) is 2.76. The maximum absolute atomic E-state index is 11.5. The molecule has 1 saturated heterocycles. The number of anilines is 1. The number of hydrogen-bond acceptors (Lipinski definition) is 7. The number of hydrogen-bond donors (Lipinski definition) is 1. The van der Waals surface area contributed by atoms with Crippen molar-refractivity contribution in [3.8, 4) is 0 Å². The minimum absolute atomic E-state index is 0.00182. The maximum Gasteiger partial charge on any atom is 0.318 e. The number of nitrogens with zero attached hydrogens (tertiary/aromatic N) is 3. The van der Waals surface area contributed by atoms with E-state index in [2.05, 4.69) is 15.5 Å². The first-order valence-corrected chi connectivity index (χ1v) is 8.36. The van der Waals surface area contributed by atoms with E-state index < -0.39 is 9.84 Å². The van der Waals surface area contributed by atoms with Crippen molar-refractivity contribution in [1.29, 1.82) is 0 Å². The fourth-order valence-electron chi connectivity index (χ4n) is 2.05. The van der Waals surface area contributed by atoms with Crippen molar-refractivity contribution in [3.05, 3.63) is 5.89 Å². The van der Waals surface area contributed by atoms with Crippen molar-refractivity contribution in [2.75, 3.05) is 36.0 Å². The predicted molar refractivity (Wildman–Crippen MR) is 71.9 cm³/mol. The molecule has 19 heavy (non-hydrogen) atoms. The van der Waals surface area contributed by atoms with E-state index in [1.54, 1.807) is 0 Å². The SMILES string of the molecule is CCNC(C)c1nnc(N2CCCS(=O)(=O)CC2)o1. The van der Waals surface area contributed by atoms with E-state index in [0.29, 0.717) is 31.4 Å². The van der Waals surface area contributed by atoms with E-state index in [-0.39, 0.29) is 17.5 Å². The summed E-state index contributed by atoms with van der Waals surface area (Å²) in [5, 5.41) is 11.2. The quantitative estimate of drug-likeness (QED) is 0.856. The van der Waals surface area contributed by atoms with Gasteiger partial charge in [0.1, 0.15) is 0 Å². The van der Waals surface area contributed by atoms with Gasteiger partial charge in [-0.1, -0.05) is 12.0 Å². The van der Waals surface area contributed by atoms with E-state index in [0.717, 1.165) is 6.54 Å². The molecule has 1 atom stereocenters. The van der Waals surface area contributed by atoms with Crippen molar-refractivity contribution >= 4 is 15.9 Å². The smallest absolute Gasteiger partial charge is 0.318 e. The van der Waals surface area contributed by atoms with E-state index in [4.69, 9.17) is 4.42 Å². The first-order chi connectivity index (χ1) is 9.02. The van der Waals surface area contributed by atoms with Gasteiger partial charge in [0.25, 0.3) is 0 Å². The highest BCUT2D eigenvalue weighted by Gasteiger charge is 2.23. The predicted octanol–water partition coefficient (Wildman–Crippen LogP) is 0.365. The van der Waals surface area contributed by atoms with Gasteiger partial charge in [0.2, 0.25) is 5.89 Å². The Kier molecular flexibility index (Phi) is 4.41. The van der Waals surface area contributed by atoms with Gasteiger partial charge in [-0.3, -0.25) is 0 Å². The zero-order chi connectivity index (χ0) is 13.9. The van der Waals surface area contributed by atoms with Crippen LogP contribution in [0.3, 0.4) is 0 Å². The third-order valence-corrected chi connectivity index (χ3v) is 4.85. The molecule has 1 aliphatic rings. The topological polar surface area (TPSA) is 88.3 Å². The Morgan fingerprint density at radius 1 is 1.37 bits per heavy atom. The molecular formula is C11H20N4O3S. The fraction of sp³-hybridized carbons (Fsp3) is 0.818. The van der Waals surface area contributed by atoms with Crippen LogP contribution in [0.15, 0.2) is 4.42 Å². The fourth-order valence-corrected chi connectivity index (χ4v) is 3.32. The number of sulfone groups is 1. The molecule has 0 spiro atoms. The van der Waals surface area contributed by atoms with Crippen LogP contribution in [0.5, 0.6) is 0 Å². The molecule has 108 valence electrons. The number of aromatic nitrogens is 2. The highest BCUT2D eigenvalue weighted by Crippen LogP contribution is 2.19. The lowest BCUT2D eigenvalue weighted by Gasteiger charge is -2.16. The summed E-state index contributed by atoms with van der Waals surface area (Å²) in [4.78, 5) is 1.85. The molecule has 0 radical (unpaired) electrons. The standard InChI is InChI=1S/C11H20N4O3S/c1-3-12-9(2)10-13-14-11(18-10)15-5-4-7-19(16,17)8-6-15/h9,12H,3-8H2,1-2H3. The monoisotopic (exact) mass is 288 g/mol. The van der Waals surface area contributed by atoms with Gasteiger partial charge in [0.15, 0.2) is 9.84 Å². The van der Waals surface area contributed by atoms with Crippen molar-refractivity contribution in [2.24, 2.45) is 0 Å². The lowest BCUT2D eigenvalue weighted by Crippen LogP contribution is -2.27. The Bertz CT molecular complexity index is 514. The lowest BCUT2D eigenvalue weighted by atomic mass is 10.3. The highest BCUT2D eigenvalue weighted by atomic mass is 32.2. The second-order valence-electron chi connectivity index (χ2n) is 4.69. The molecule has 0 amide bonds. The molecule has 2 heterocycles. The Hall–Kier alpha value is -1.15. The van der Waals surface area contributed by atoms with Crippen molar-refractivity contribution < 1.29 is 12.8 Å². The van der Waals surface area contributed by atoms with Gasteiger partial charge < -0.3 is 14.6 Å². The third-order valence-electron chi connectivity index (χ3n) is 3.14. The van der Waals surface area contributed by atoms with Gasteiger partial charge in [-0.2, -0.15) is 0 Å². The molecule has 1 aliphatic heterocycles. The van der Waals surface area contributed by atoms with Gasteiger partial charge in [-0.15, -0.1) is 5.10 Å². The van der Waals surface area contributed by atoms with Crippen molar-refractivity contribution in [3.63, 3.8) is 0 Å². The van der Waals surface area contributed by atoms with Crippen LogP contribution in [-0.4, -0.2) is 49.8 Å². The van der Waals surface area contributed by atoms with Gasteiger partial charge in [0.05, 0.1) is 17.5 Å². The van der Waals surface area contributed by atoms with Crippen LogP contribution in [0.2, 0.25) is 0 Å². The van der Waals surface area contributed by atoms with Crippen LogP contribution in [-0.2, 0) is 9.84 Å². The van der Waals surface area contributed by atoms with Crippen LogP contribution in [0.4, 0.5) is 6.01 Å². The molecule has 0 aromatic carbocycles. The zero-order valence-corrected chi connectivity index (χ0v) is 12.1. The maximum atomic E-state index is 11.5. The minimum atomic E-state index is -2.92. The van der Waals surface area contributed by atoms with Crippen molar-refractivity contribution in [2.45, 2.75) is 26.3 Å². The van der Waals surface area contributed by atoms with Crippen molar-refractivity contribution in [1.82, 2.24) is 15.5 Å². The minimum Gasteiger partial charge on any atom is -0.406 e. The first kappa shape index (κ1) is 14.3. The number of nitrogens with one attached hydrogen (secondary N) is 1. The van der Waals surface area contributed by atoms with Crippen LogP contribution in [0.25, 0.3) is 0 Å². The van der Waals surface area contributed by atoms with E-state index in [1.807, 2.05) is 18.7 Å². The van der Waals surface area contributed by atoms with Gasteiger partial charge in [0, 0.05) is 13.1 Å². The van der Waals surface area contributed by atoms with Gasteiger partial charge in [-0.25, -0.2) is 8.42 Å².